The predicted octanol–water partition coefficient (Wildman–Crippen LogP) is 3.21. The lowest BCUT2D eigenvalue weighted by Gasteiger charge is -2.05. The molecule has 0 aromatic carbocycles. The summed E-state index contributed by atoms with van der Waals surface area (Å²) in [7, 11) is 0. The van der Waals surface area contributed by atoms with E-state index in [1.165, 1.54) is 17.6 Å². The van der Waals surface area contributed by atoms with E-state index in [1.807, 2.05) is 0 Å². The summed E-state index contributed by atoms with van der Waals surface area (Å²) in [5, 5.41) is 10.0. The first kappa shape index (κ1) is 11.5. The van der Waals surface area contributed by atoms with Gasteiger partial charge in [0.2, 0.25) is 0 Å². The molecule has 16 heavy (non-hydrogen) atoms. The number of aryl methyl sites for hydroxylation is 1. The molecule has 1 aromatic heterocycles. The van der Waals surface area contributed by atoms with Gasteiger partial charge in [-0.05, 0) is 38.7 Å². The highest BCUT2D eigenvalue weighted by Crippen LogP contribution is 2.29. The molecule has 1 heterocycles. The van der Waals surface area contributed by atoms with Gasteiger partial charge in [0.15, 0.2) is 0 Å². The zero-order valence-corrected chi connectivity index (χ0v) is 10.2. The summed E-state index contributed by atoms with van der Waals surface area (Å²) in [6.07, 6.45) is 10.7. The van der Waals surface area contributed by atoms with Crippen LogP contribution in [-0.2, 0) is 13.0 Å². The summed E-state index contributed by atoms with van der Waals surface area (Å²) in [5.41, 5.74) is 3.83. The van der Waals surface area contributed by atoms with E-state index in [-0.39, 0.29) is 6.10 Å². The third-order valence-corrected chi connectivity index (χ3v) is 3.24. The van der Waals surface area contributed by atoms with Crippen molar-refractivity contribution in [2.45, 2.75) is 52.2 Å². The average molecular weight is 219 g/mol. The SMILES string of the molecule is CC(C)=CCn1cc2c(c1)C(O)CCCC2. The number of allylic oxidation sites excluding steroid dienone is 2. The van der Waals surface area contributed by atoms with E-state index in [9.17, 15) is 5.11 Å². The van der Waals surface area contributed by atoms with Crippen LogP contribution in [0.5, 0.6) is 0 Å². The van der Waals surface area contributed by atoms with Crippen LogP contribution in [0.1, 0.15) is 50.3 Å². The van der Waals surface area contributed by atoms with E-state index in [4.69, 9.17) is 0 Å². The largest absolute Gasteiger partial charge is 0.388 e. The van der Waals surface area contributed by atoms with Gasteiger partial charge in [-0.2, -0.15) is 0 Å². The molecule has 0 fully saturated rings. The highest BCUT2D eigenvalue weighted by molar-refractivity contribution is 5.28. The number of fused-ring (bicyclic) bond motifs is 1. The summed E-state index contributed by atoms with van der Waals surface area (Å²) >= 11 is 0. The fraction of sp³-hybridized carbons (Fsp3) is 0.571. The van der Waals surface area contributed by atoms with E-state index in [2.05, 4.69) is 36.9 Å². The number of hydrogen-bond donors (Lipinski definition) is 1. The Labute approximate surface area is 97.6 Å². The van der Waals surface area contributed by atoms with E-state index in [0.29, 0.717) is 0 Å². The Morgan fingerprint density at radius 3 is 3.00 bits per heavy atom. The molecule has 2 heteroatoms. The quantitative estimate of drug-likeness (QED) is 0.599. The predicted molar refractivity (Wildman–Crippen MR) is 66.4 cm³/mol. The topological polar surface area (TPSA) is 25.2 Å². The van der Waals surface area contributed by atoms with Crippen LogP contribution in [0.25, 0.3) is 0 Å². The second kappa shape index (κ2) is 4.88. The van der Waals surface area contributed by atoms with Gasteiger partial charge in [-0.3, -0.25) is 0 Å². The molecule has 1 atom stereocenters. The van der Waals surface area contributed by atoms with Crippen LogP contribution < -0.4 is 0 Å². The van der Waals surface area contributed by atoms with Gasteiger partial charge in [-0.1, -0.05) is 18.1 Å². The van der Waals surface area contributed by atoms with Gasteiger partial charge in [-0.25, -0.2) is 0 Å². The van der Waals surface area contributed by atoms with Gasteiger partial charge < -0.3 is 9.67 Å². The van der Waals surface area contributed by atoms with Crippen LogP contribution >= 0.6 is 0 Å². The number of aliphatic hydroxyl groups is 1. The van der Waals surface area contributed by atoms with Crippen molar-refractivity contribution in [1.82, 2.24) is 4.57 Å². The summed E-state index contributed by atoms with van der Waals surface area (Å²) < 4.78 is 2.19. The average Bonchev–Trinajstić information content (AvgIpc) is 2.57. The van der Waals surface area contributed by atoms with E-state index in [0.717, 1.165) is 31.4 Å². The van der Waals surface area contributed by atoms with Crippen LogP contribution in [0, 0.1) is 0 Å². The van der Waals surface area contributed by atoms with Gasteiger partial charge in [0.1, 0.15) is 0 Å². The number of aromatic nitrogens is 1. The highest BCUT2D eigenvalue weighted by atomic mass is 16.3. The van der Waals surface area contributed by atoms with Crippen molar-refractivity contribution >= 4 is 0 Å². The molecule has 0 bridgehead atoms. The third-order valence-electron chi connectivity index (χ3n) is 3.24. The lowest BCUT2D eigenvalue weighted by Crippen LogP contribution is -1.96. The Balaban J connectivity index is 2.19. The smallest absolute Gasteiger partial charge is 0.0807 e. The second-order valence-electron chi connectivity index (χ2n) is 4.98. The summed E-state index contributed by atoms with van der Waals surface area (Å²) in [5.74, 6) is 0. The molecule has 0 radical (unpaired) electrons. The van der Waals surface area contributed by atoms with Gasteiger partial charge in [-0.15, -0.1) is 0 Å². The number of nitrogens with zero attached hydrogens (tertiary/aromatic N) is 1. The van der Waals surface area contributed by atoms with Crippen LogP contribution in [0.3, 0.4) is 0 Å². The molecule has 1 N–H and O–H groups in total. The lowest BCUT2D eigenvalue weighted by molar-refractivity contribution is 0.166. The minimum absolute atomic E-state index is 0.245. The molecule has 1 aliphatic rings. The first-order chi connectivity index (χ1) is 7.66. The molecular formula is C14H21NO. The minimum Gasteiger partial charge on any atom is -0.388 e. The van der Waals surface area contributed by atoms with E-state index in [1.54, 1.807) is 0 Å². The van der Waals surface area contributed by atoms with E-state index < -0.39 is 0 Å². The number of aliphatic hydroxyl groups excluding tert-OH is 1. The molecule has 88 valence electrons. The lowest BCUT2D eigenvalue weighted by atomic mass is 10.1. The molecule has 2 rings (SSSR count). The van der Waals surface area contributed by atoms with Crippen molar-refractivity contribution in [3.8, 4) is 0 Å². The zero-order chi connectivity index (χ0) is 11.5. The Hall–Kier alpha value is -1.02. The fourth-order valence-corrected chi connectivity index (χ4v) is 2.28. The Morgan fingerprint density at radius 2 is 2.25 bits per heavy atom. The van der Waals surface area contributed by atoms with Gasteiger partial charge in [0.25, 0.3) is 0 Å². The maximum atomic E-state index is 10.0. The van der Waals surface area contributed by atoms with Crippen molar-refractivity contribution in [1.29, 1.82) is 0 Å². The monoisotopic (exact) mass is 219 g/mol. The third kappa shape index (κ3) is 2.56. The van der Waals surface area contributed by atoms with Crippen molar-refractivity contribution in [3.05, 3.63) is 35.2 Å². The van der Waals surface area contributed by atoms with Crippen molar-refractivity contribution in [2.75, 3.05) is 0 Å². The summed E-state index contributed by atoms with van der Waals surface area (Å²) in [4.78, 5) is 0. The molecule has 0 saturated carbocycles. The molecule has 0 amide bonds. The molecule has 0 spiro atoms. The Bertz CT molecular complexity index is 385. The van der Waals surface area contributed by atoms with Gasteiger partial charge in [0, 0.05) is 24.5 Å². The fourth-order valence-electron chi connectivity index (χ4n) is 2.28. The first-order valence-electron chi connectivity index (χ1n) is 6.17. The molecule has 0 saturated heterocycles. The second-order valence-corrected chi connectivity index (χ2v) is 4.98. The maximum Gasteiger partial charge on any atom is 0.0807 e. The number of rotatable bonds is 2. The molecule has 1 unspecified atom stereocenters. The standard InChI is InChI=1S/C14H21NO/c1-11(2)7-8-15-9-12-5-3-4-6-14(16)13(12)10-15/h7,9-10,14,16H,3-6,8H2,1-2H3. The van der Waals surface area contributed by atoms with E-state index >= 15 is 0 Å². The van der Waals surface area contributed by atoms with Crippen molar-refractivity contribution in [3.63, 3.8) is 0 Å². The normalized spacial score (nSPS) is 20.1. The van der Waals surface area contributed by atoms with Crippen molar-refractivity contribution in [2.24, 2.45) is 0 Å². The van der Waals surface area contributed by atoms with Crippen LogP contribution in [0.15, 0.2) is 24.0 Å². The van der Waals surface area contributed by atoms with Crippen LogP contribution in [0.2, 0.25) is 0 Å². The molecule has 1 aliphatic carbocycles. The molecular weight excluding hydrogens is 198 g/mol. The Morgan fingerprint density at radius 1 is 1.44 bits per heavy atom. The minimum atomic E-state index is -0.245. The van der Waals surface area contributed by atoms with Gasteiger partial charge >= 0.3 is 0 Å². The molecule has 0 aliphatic heterocycles. The summed E-state index contributed by atoms with van der Waals surface area (Å²) in [6, 6.07) is 0. The van der Waals surface area contributed by atoms with Gasteiger partial charge in [0.05, 0.1) is 6.10 Å². The zero-order valence-electron chi connectivity index (χ0n) is 10.2. The van der Waals surface area contributed by atoms with Crippen molar-refractivity contribution < 1.29 is 5.11 Å². The molecule has 2 nitrogen and oxygen atoms in total. The number of hydrogen-bond acceptors (Lipinski definition) is 1. The molecule has 1 aromatic rings. The van der Waals surface area contributed by atoms with Crippen LogP contribution in [-0.4, -0.2) is 9.67 Å². The Kier molecular flexibility index (Phi) is 3.49. The highest BCUT2D eigenvalue weighted by Gasteiger charge is 2.17. The first-order valence-corrected chi connectivity index (χ1v) is 6.17. The maximum absolute atomic E-state index is 10.0. The summed E-state index contributed by atoms with van der Waals surface area (Å²) in [6.45, 7) is 5.15. The van der Waals surface area contributed by atoms with Crippen LogP contribution in [0.4, 0.5) is 0 Å².